The first kappa shape index (κ1) is 28.2. The summed E-state index contributed by atoms with van der Waals surface area (Å²) < 4.78 is 6.47. The second-order valence-electron chi connectivity index (χ2n) is 11.4. The molecule has 0 aliphatic heterocycles. The van der Waals surface area contributed by atoms with E-state index in [9.17, 15) is 9.59 Å². The molecule has 3 atom stereocenters. The summed E-state index contributed by atoms with van der Waals surface area (Å²) in [6.07, 6.45) is 6.67. The lowest BCUT2D eigenvalue weighted by molar-refractivity contribution is -0.137. The molecule has 0 heterocycles. The Balaban J connectivity index is 1.69. The quantitative estimate of drug-likeness (QED) is 0.375. The highest BCUT2D eigenvalue weighted by molar-refractivity contribution is 5.82. The average Bonchev–Trinajstić information content (AvgIpc) is 2.83. The number of carbonyl (C=O) groups is 2. The van der Waals surface area contributed by atoms with Gasteiger partial charge in [0.15, 0.2) is 0 Å². The molecule has 37 heavy (non-hydrogen) atoms. The second-order valence-corrected chi connectivity index (χ2v) is 11.4. The Morgan fingerprint density at radius 1 is 1.00 bits per heavy atom. The van der Waals surface area contributed by atoms with Crippen molar-refractivity contribution < 1.29 is 19.4 Å². The molecular weight excluding hydrogens is 462 g/mol. The number of allylic oxidation sites excluding steroid dienone is 1. The Labute approximate surface area is 221 Å². The number of benzene rings is 2. The minimum absolute atomic E-state index is 0.0125. The van der Waals surface area contributed by atoms with Crippen molar-refractivity contribution in [3.8, 4) is 16.9 Å². The summed E-state index contributed by atoms with van der Waals surface area (Å²) in [5.41, 5.74) is 4.84. The summed E-state index contributed by atoms with van der Waals surface area (Å²) in [5, 5.41) is 11.5. The summed E-state index contributed by atoms with van der Waals surface area (Å²) >= 11 is 0. The first-order valence-corrected chi connectivity index (χ1v) is 13.2. The predicted octanol–water partition coefficient (Wildman–Crippen LogP) is 6.78. The number of hydrogen-bond donors (Lipinski definition) is 2. The van der Waals surface area contributed by atoms with Gasteiger partial charge in [0.05, 0.1) is 12.3 Å². The van der Waals surface area contributed by atoms with Gasteiger partial charge < -0.3 is 15.2 Å². The maximum atomic E-state index is 12.5. The van der Waals surface area contributed by atoms with Crippen molar-refractivity contribution in [3.05, 3.63) is 77.9 Å². The van der Waals surface area contributed by atoms with Gasteiger partial charge in [-0.1, -0.05) is 96.2 Å². The van der Waals surface area contributed by atoms with Crippen molar-refractivity contribution in [1.29, 1.82) is 0 Å². The van der Waals surface area contributed by atoms with E-state index in [-0.39, 0.29) is 42.2 Å². The fourth-order valence-electron chi connectivity index (χ4n) is 4.54. The van der Waals surface area contributed by atoms with Gasteiger partial charge in [0.1, 0.15) is 11.9 Å². The highest BCUT2D eigenvalue weighted by Gasteiger charge is 2.27. The van der Waals surface area contributed by atoms with Crippen LogP contribution >= 0.6 is 0 Å². The highest BCUT2D eigenvalue weighted by atomic mass is 16.5. The molecule has 5 nitrogen and oxygen atoms in total. The molecule has 5 heteroatoms. The third-order valence-corrected chi connectivity index (χ3v) is 6.73. The van der Waals surface area contributed by atoms with E-state index in [1.165, 1.54) is 11.1 Å². The number of hydrogen-bond acceptors (Lipinski definition) is 3. The van der Waals surface area contributed by atoms with E-state index >= 15 is 0 Å². The molecule has 0 radical (unpaired) electrons. The molecule has 0 spiro atoms. The van der Waals surface area contributed by atoms with Crippen LogP contribution in [0.15, 0.2) is 72.3 Å². The molecule has 0 bridgehead atoms. The lowest BCUT2D eigenvalue weighted by Gasteiger charge is -2.28. The molecule has 2 aromatic carbocycles. The Kier molecular flexibility index (Phi) is 9.36. The zero-order valence-corrected chi connectivity index (χ0v) is 23.0. The molecule has 1 aliphatic rings. The van der Waals surface area contributed by atoms with Crippen LogP contribution in [0.1, 0.15) is 59.9 Å². The molecule has 198 valence electrons. The lowest BCUT2D eigenvalue weighted by Crippen LogP contribution is -2.35. The van der Waals surface area contributed by atoms with Crippen LogP contribution < -0.4 is 10.1 Å². The van der Waals surface area contributed by atoms with Gasteiger partial charge in [-0.2, -0.15) is 0 Å². The van der Waals surface area contributed by atoms with Crippen LogP contribution in [-0.2, 0) is 15.0 Å². The number of rotatable bonds is 10. The van der Waals surface area contributed by atoms with Gasteiger partial charge in [-0.25, -0.2) is 0 Å². The first-order valence-electron chi connectivity index (χ1n) is 13.2. The minimum atomic E-state index is -0.921. The van der Waals surface area contributed by atoms with E-state index in [0.717, 1.165) is 23.3 Å². The number of carbonyl (C=O) groups excluding carboxylic acids is 1. The van der Waals surface area contributed by atoms with Crippen molar-refractivity contribution in [2.75, 3.05) is 6.54 Å². The van der Waals surface area contributed by atoms with E-state index < -0.39 is 5.97 Å². The number of ether oxygens (including phenoxy) is 1. The molecule has 2 N–H and O–H groups in total. The number of carboxylic acid groups (broad SMARTS) is 1. The van der Waals surface area contributed by atoms with E-state index in [2.05, 4.69) is 82.4 Å². The van der Waals surface area contributed by atoms with Gasteiger partial charge in [0.25, 0.3) is 0 Å². The Hall–Kier alpha value is -3.34. The van der Waals surface area contributed by atoms with Gasteiger partial charge in [-0.05, 0) is 58.1 Å². The van der Waals surface area contributed by atoms with Crippen molar-refractivity contribution in [1.82, 2.24) is 5.32 Å². The second kappa shape index (κ2) is 12.3. The minimum Gasteiger partial charge on any atom is -0.486 e. The summed E-state index contributed by atoms with van der Waals surface area (Å²) in [5.74, 6) is -0.145. The molecule has 2 aromatic rings. The van der Waals surface area contributed by atoms with E-state index in [1.54, 1.807) is 0 Å². The molecule has 0 fully saturated rings. The third-order valence-electron chi connectivity index (χ3n) is 6.73. The molecule has 0 saturated carbocycles. The number of carboxylic acids is 1. The van der Waals surface area contributed by atoms with Crippen molar-refractivity contribution in [2.45, 2.75) is 65.9 Å². The van der Waals surface area contributed by atoms with E-state index in [4.69, 9.17) is 9.84 Å². The van der Waals surface area contributed by atoms with Crippen LogP contribution in [0, 0.1) is 17.8 Å². The lowest BCUT2D eigenvalue weighted by atomic mass is 9.83. The monoisotopic (exact) mass is 503 g/mol. The molecule has 0 aromatic heterocycles. The van der Waals surface area contributed by atoms with Crippen LogP contribution in [0.3, 0.4) is 0 Å². The largest absolute Gasteiger partial charge is 0.486 e. The number of amides is 1. The molecule has 3 rings (SSSR count). The smallest absolute Gasteiger partial charge is 0.305 e. The SMILES string of the molecule is CC(C)CC(Oc1ccc(-c2ccc(C(C)(C)C)cc2)cc1)C1=CC(C)C(C(=O)NCCC(=O)O)C=C1. The van der Waals surface area contributed by atoms with Gasteiger partial charge in [0.2, 0.25) is 5.91 Å². The summed E-state index contributed by atoms with van der Waals surface area (Å²) in [6.45, 7) is 13.2. The van der Waals surface area contributed by atoms with Crippen LogP contribution in [0.25, 0.3) is 11.1 Å². The van der Waals surface area contributed by atoms with Crippen LogP contribution in [-0.4, -0.2) is 29.6 Å². The van der Waals surface area contributed by atoms with Gasteiger partial charge in [0, 0.05) is 6.54 Å². The Morgan fingerprint density at radius 2 is 1.59 bits per heavy atom. The summed E-state index contributed by atoms with van der Waals surface area (Å²) in [6, 6.07) is 17.0. The predicted molar refractivity (Wildman–Crippen MR) is 150 cm³/mol. The third kappa shape index (κ3) is 8.08. The maximum Gasteiger partial charge on any atom is 0.305 e. The Bertz CT molecular complexity index is 1120. The van der Waals surface area contributed by atoms with Crippen LogP contribution in [0.4, 0.5) is 0 Å². The number of nitrogens with one attached hydrogen (secondary N) is 1. The van der Waals surface area contributed by atoms with Crippen molar-refractivity contribution >= 4 is 11.9 Å². The highest BCUT2D eigenvalue weighted by Crippen LogP contribution is 2.31. The van der Waals surface area contributed by atoms with E-state index in [1.807, 2.05) is 31.2 Å². The van der Waals surface area contributed by atoms with E-state index in [0.29, 0.717) is 5.92 Å². The van der Waals surface area contributed by atoms with Crippen LogP contribution in [0.5, 0.6) is 5.75 Å². The first-order chi connectivity index (χ1) is 17.4. The van der Waals surface area contributed by atoms with Gasteiger partial charge in [-0.3, -0.25) is 9.59 Å². The molecule has 3 unspecified atom stereocenters. The fourth-order valence-corrected chi connectivity index (χ4v) is 4.54. The van der Waals surface area contributed by atoms with Gasteiger partial charge >= 0.3 is 5.97 Å². The number of aliphatic carboxylic acids is 1. The average molecular weight is 504 g/mol. The molecule has 1 aliphatic carbocycles. The van der Waals surface area contributed by atoms with Crippen molar-refractivity contribution in [3.63, 3.8) is 0 Å². The molecular formula is C32H41NO4. The summed E-state index contributed by atoms with van der Waals surface area (Å²) in [4.78, 5) is 23.3. The fraction of sp³-hybridized carbons (Fsp3) is 0.438. The zero-order chi connectivity index (χ0) is 27.2. The van der Waals surface area contributed by atoms with Crippen molar-refractivity contribution in [2.24, 2.45) is 17.8 Å². The topological polar surface area (TPSA) is 75.6 Å². The normalized spacial score (nSPS) is 18.3. The Morgan fingerprint density at radius 3 is 2.11 bits per heavy atom. The maximum absolute atomic E-state index is 12.5. The molecule has 1 amide bonds. The summed E-state index contributed by atoms with van der Waals surface area (Å²) in [7, 11) is 0. The molecule has 0 saturated heterocycles. The van der Waals surface area contributed by atoms with Gasteiger partial charge in [-0.15, -0.1) is 0 Å². The zero-order valence-electron chi connectivity index (χ0n) is 23.0. The van der Waals surface area contributed by atoms with Crippen LogP contribution in [0.2, 0.25) is 0 Å². The standard InChI is InChI=1S/C32H41NO4/c1-21(2)19-29(25-11-16-28(22(3)20-25)31(36)33-18-17-30(34)35)37-27-14-9-24(10-15-27)23-7-12-26(13-8-23)32(4,5)6/h7-16,20-22,28-29H,17-19H2,1-6H3,(H,33,36)(H,34,35).